The van der Waals surface area contributed by atoms with Crippen molar-refractivity contribution in [2.24, 2.45) is 7.05 Å². The number of ether oxygens (including phenoxy) is 2. The Balaban J connectivity index is 1.68. The number of benzene rings is 1. The van der Waals surface area contributed by atoms with E-state index in [4.69, 9.17) is 4.74 Å². The van der Waals surface area contributed by atoms with Gasteiger partial charge in [0, 0.05) is 42.4 Å². The Morgan fingerprint density at radius 3 is 2.79 bits per heavy atom. The second kappa shape index (κ2) is 8.71. The lowest BCUT2D eigenvalue weighted by atomic mass is 10.0. The summed E-state index contributed by atoms with van der Waals surface area (Å²) in [6.45, 7) is -0.633. The molecular weight excluding hydrogens is 444 g/mol. The van der Waals surface area contributed by atoms with Gasteiger partial charge in [-0.15, -0.1) is 0 Å². The summed E-state index contributed by atoms with van der Waals surface area (Å²) in [7, 11) is 1.84. The highest BCUT2D eigenvalue weighted by molar-refractivity contribution is 5.85. The van der Waals surface area contributed by atoms with E-state index < -0.39 is 12.8 Å². The lowest BCUT2D eigenvalue weighted by molar-refractivity contribution is -0.0528. The Kier molecular flexibility index (Phi) is 5.58. The van der Waals surface area contributed by atoms with E-state index in [-0.39, 0.29) is 11.4 Å². The highest BCUT2D eigenvalue weighted by Crippen LogP contribution is 2.30. The van der Waals surface area contributed by atoms with Gasteiger partial charge in [0.25, 0.3) is 5.56 Å². The van der Waals surface area contributed by atoms with E-state index >= 15 is 0 Å². The Hall–Kier alpha value is -4.05. The second-order valence-electron chi connectivity index (χ2n) is 7.69. The fourth-order valence-electron chi connectivity index (χ4n) is 4.00. The Labute approximate surface area is 193 Å². The van der Waals surface area contributed by atoms with Crippen molar-refractivity contribution in [2.75, 3.05) is 11.9 Å². The van der Waals surface area contributed by atoms with Crippen molar-refractivity contribution in [1.29, 1.82) is 0 Å². The van der Waals surface area contributed by atoms with Crippen molar-refractivity contribution in [1.82, 2.24) is 19.3 Å². The maximum atomic E-state index is 13.8. The number of anilines is 1. The first-order valence-corrected chi connectivity index (χ1v) is 10.6. The molecule has 0 amide bonds. The molecular formula is C24H21F2N5O3. The molecule has 0 aliphatic carbocycles. The molecule has 1 aromatic carbocycles. The van der Waals surface area contributed by atoms with E-state index in [2.05, 4.69) is 20.1 Å². The summed E-state index contributed by atoms with van der Waals surface area (Å²) in [6, 6.07) is 10.3. The molecule has 0 bridgehead atoms. The number of nitrogens with one attached hydrogen (secondary N) is 1. The first-order chi connectivity index (χ1) is 16.4. The summed E-state index contributed by atoms with van der Waals surface area (Å²) < 4.78 is 38.3. The molecule has 1 aliphatic rings. The third kappa shape index (κ3) is 4.03. The summed E-state index contributed by atoms with van der Waals surface area (Å²) in [6.07, 6.45) is 6.54. The van der Waals surface area contributed by atoms with Gasteiger partial charge in [0.15, 0.2) is 0 Å². The number of hydrogen-bond donors (Lipinski definition) is 1. The summed E-state index contributed by atoms with van der Waals surface area (Å²) in [4.78, 5) is 17.7. The lowest BCUT2D eigenvalue weighted by Crippen LogP contribution is -2.31. The Bertz CT molecular complexity index is 1440. The van der Waals surface area contributed by atoms with E-state index in [1.54, 1.807) is 4.68 Å². The molecule has 0 radical (unpaired) electrons. The normalized spacial score (nSPS) is 14.9. The molecule has 0 saturated carbocycles. The topological polar surface area (TPSA) is 83.2 Å². The molecule has 0 spiro atoms. The number of fused-ring (bicyclic) bond motifs is 2. The third-order valence-corrected chi connectivity index (χ3v) is 5.42. The quantitative estimate of drug-likeness (QED) is 0.460. The minimum absolute atomic E-state index is 0.237. The van der Waals surface area contributed by atoms with Crippen LogP contribution in [0.4, 0.5) is 14.6 Å². The number of pyridine rings is 2. The van der Waals surface area contributed by atoms with Gasteiger partial charge >= 0.3 is 6.61 Å². The van der Waals surface area contributed by atoms with Crippen molar-refractivity contribution in [3.63, 3.8) is 0 Å². The van der Waals surface area contributed by atoms with Crippen LogP contribution in [0, 0.1) is 0 Å². The van der Waals surface area contributed by atoms with Crippen molar-refractivity contribution >= 4 is 22.8 Å². The zero-order valence-corrected chi connectivity index (χ0v) is 18.4. The number of rotatable bonds is 6. The van der Waals surface area contributed by atoms with Crippen LogP contribution in [0.5, 0.6) is 5.88 Å². The van der Waals surface area contributed by atoms with Crippen LogP contribution in [-0.4, -0.2) is 38.8 Å². The molecule has 1 atom stereocenters. The second-order valence-corrected chi connectivity index (χ2v) is 7.69. The number of aryl methyl sites for hydroxylation is 1. The van der Waals surface area contributed by atoms with Crippen LogP contribution >= 0.6 is 0 Å². The van der Waals surface area contributed by atoms with Crippen LogP contribution in [0.15, 0.2) is 59.7 Å². The summed E-state index contributed by atoms with van der Waals surface area (Å²) in [5.41, 5.74) is 2.88. The Morgan fingerprint density at radius 2 is 2.06 bits per heavy atom. The lowest BCUT2D eigenvalue weighted by Gasteiger charge is -2.26. The van der Waals surface area contributed by atoms with Crippen LogP contribution in [0.3, 0.4) is 0 Å². The molecule has 174 valence electrons. The smallest absolute Gasteiger partial charge is 0.388 e. The van der Waals surface area contributed by atoms with Gasteiger partial charge in [0.05, 0.1) is 17.4 Å². The van der Waals surface area contributed by atoms with Gasteiger partial charge in [-0.25, -0.2) is 4.98 Å². The molecule has 4 heterocycles. The van der Waals surface area contributed by atoms with E-state index in [1.807, 2.05) is 56.6 Å². The molecule has 5 rings (SSSR count). The summed E-state index contributed by atoms with van der Waals surface area (Å²) in [5, 5.41) is 8.52. The highest BCUT2D eigenvalue weighted by Gasteiger charge is 2.22. The zero-order chi connectivity index (χ0) is 23.8. The van der Waals surface area contributed by atoms with Gasteiger partial charge in [-0.2, -0.15) is 13.9 Å². The first-order valence-electron chi connectivity index (χ1n) is 10.6. The maximum absolute atomic E-state index is 13.8. The largest absolute Gasteiger partial charge is 0.417 e. The molecule has 3 aromatic heterocycles. The number of aromatic nitrogens is 4. The Morgan fingerprint density at radius 1 is 1.21 bits per heavy atom. The fraction of sp³-hybridized carbons (Fsp3) is 0.208. The predicted octanol–water partition coefficient (Wildman–Crippen LogP) is 4.19. The van der Waals surface area contributed by atoms with Gasteiger partial charge in [-0.3, -0.25) is 14.0 Å². The molecule has 34 heavy (non-hydrogen) atoms. The molecule has 1 aliphatic heterocycles. The van der Waals surface area contributed by atoms with Crippen molar-refractivity contribution in [2.45, 2.75) is 19.8 Å². The third-order valence-electron chi connectivity index (χ3n) is 5.42. The standard InChI is InChI=1S/C24H21F2N5O3/c1-3-33-21-8-5-15-11-18(14-4-7-19-16(10-14)13-30(2)29-19)23(32)31(22(15)28-21)17-6-9-20(27-12-17)34-24(25)26/h4-13,21,24,28H,3H2,1-2H3. The van der Waals surface area contributed by atoms with Crippen LogP contribution in [0.25, 0.3) is 33.8 Å². The fourth-order valence-corrected chi connectivity index (χ4v) is 4.00. The van der Waals surface area contributed by atoms with Crippen molar-refractivity contribution in [3.05, 3.63) is 70.8 Å². The van der Waals surface area contributed by atoms with Crippen molar-refractivity contribution < 1.29 is 18.3 Å². The van der Waals surface area contributed by atoms with Crippen LogP contribution in [0.1, 0.15) is 12.5 Å². The van der Waals surface area contributed by atoms with Gasteiger partial charge in [-0.1, -0.05) is 12.1 Å². The number of halogens is 2. The van der Waals surface area contributed by atoms with Gasteiger partial charge in [-0.05, 0) is 42.8 Å². The molecule has 8 nitrogen and oxygen atoms in total. The predicted molar refractivity (Wildman–Crippen MR) is 124 cm³/mol. The summed E-state index contributed by atoms with van der Waals surface area (Å²) >= 11 is 0. The molecule has 0 saturated heterocycles. The van der Waals surface area contributed by atoms with Gasteiger partial charge in [0.2, 0.25) is 5.88 Å². The van der Waals surface area contributed by atoms with Crippen LogP contribution in [-0.2, 0) is 11.8 Å². The maximum Gasteiger partial charge on any atom is 0.388 e. The minimum atomic E-state index is -2.99. The van der Waals surface area contributed by atoms with Crippen molar-refractivity contribution in [3.8, 4) is 22.7 Å². The average Bonchev–Trinajstić information content (AvgIpc) is 3.18. The van der Waals surface area contributed by atoms with E-state index in [0.717, 1.165) is 22.0 Å². The SMILES string of the molecule is CCOC1C=Cc2cc(-c3ccc4nn(C)cc4c3)c(=O)n(-c3ccc(OC(F)F)nc3)c2N1. The van der Waals surface area contributed by atoms with Gasteiger partial charge in [0.1, 0.15) is 12.0 Å². The molecule has 10 heteroatoms. The van der Waals surface area contributed by atoms with Gasteiger partial charge < -0.3 is 14.8 Å². The van der Waals surface area contributed by atoms with E-state index in [0.29, 0.717) is 23.7 Å². The number of alkyl halides is 2. The minimum Gasteiger partial charge on any atom is -0.417 e. The molecule has 0 fully saturated rings. The summed E-state index contributed by atoms with van der Waals surface area (Å²) in [5.74, 6) is 0.278. The number of hydrogen-bond acceptors (Lipinski definition) is 6. The molecule has 4 aromatic rings. The van der Waals surface area contributed by atoms with Crippen LogP contribution in [0.2, 0.25) is 0 Å². The highest BCUT2D eigenvalue weighted by atomic mass is 19.3. The zero-order valence-electron chi connectivity index (χ0n) is 18.4. The molecule has 1 N–H and O–H groups in total. The first kappa shape index (κ1) is 21.8. The van der Waals surface area contributed by atoms with Crippen LogP contribution < -0.4 is 15.6 Å². The average molecular weight is 465 g/mol. The van der Waals surface area contributed by atoms with E-state index in [9.17, 15) is 13.6 Å². The number of nitrogens with zero attached hydrogens (tertiary/aromatic N) is 4. The molecule has 1 unspecified atom stereocenters. The monoisotopic (exact) mass is 465 g/mol. The van der Waals surface area contributed by atoms with E-state index in [1.165, 1.54) is 22.9 Å².